The van der Waals surface area contributed by atoms with Crippen LogP contribution < -0.4 is 10.6 Å². The Morgan fingerprint density at radius 3 is 2.73 bits per heavy atom. The monoisotopic (exact) mass is 441 g/mol. The molecule has 168 valence electrons. The molecule has 1 unspecified atom stereocenters. The largest absolute Gasteiger partial charge is 0.457 e. The van der Waals surface area contributed by atoms with E-state index in [2.05, 4.69) is 22.6 Å². The Labute approximate surface area is 193 Å². The van der Waals surface area contributed by atoms with Gasteiger partial charge in [0.05, 0.1) is 11.1 Å². The minimum absolute atomic E-state index is 0.107. The highest BCUT2D eigenvalue weighted by molar-refractivity contribution is 6.34. The number of hydrogen-bond acceptors (Lipinski definition) is 4. The zero-order valence-corrected chi connectivity index (χ0v) is 18.6. The highest BCUT2D eigenvalue weighted by Gasteiger charge is 2.24. The van der Waals surface area contributed by atoms with E-state index in [1.54, 1.807) is 6.08 Å². The van der Waals surface area contributed by atoms with Gasteiger partial charge in [-0.2, -0.15) is 0 Å². The smallest absolute Gasteiger partial charge is 0.256 e. The number of nitrogens with one attached hydrogen (secondary N) is 2. The maximum Gasteiger partial charge on any atom is 0.256 e. The van der Waals surface area contributed by atoms with Crippen molar-refractivity contribution in [2.45, 2.75) is 25.3 Å². The Morgan fingerprint density at radius 2 is 1.88 bits per heavy atom. The molecule has 3 aromatic rings. The molecule has 1 atom stereocenters. The molecule has 6 heteroatoms. The molecule has 1 aromatic heterocycles. The van der Waals surface area contributed by atoms with Crippen LogP contribution in [0.3, 0.4) is 0 Å². The van der Waals surface area contributed by atoms with Crippen molar-refractivity contribution >= 4 is 29.2 Å². The first-order chi connectivity index (χ1) is 16.1. The van der Waals surface area contributed by atoms with Crippen LogP contribution in [0.1, 0.15) is 40.9 Å². The molecule has 2 aliphatic heterocycles. The Hall–Kier alpha value is -3.64. The highest BCUT2D eigenvalue weighted by Crippen LogP contribution is 2.34. The summed E-state index contributed by atoms with van der Waals surface area (Å²) in [5, 5.41) is 5.97. The fourth-order valence-corrected chi connectivity index (χ4v) is 4.60. The van der Waals surface area contributed by atoms with Crippen LogP contribution in [0.2, 0.25) is 0 Å². The SMILES string of the molecule is CN1CCCCC1CNC(=O)c1ccccc1-c1ccc(/C=C2/C(=O)Nc3ccccc32)o1. The summed E-state index contributed by atoms with van der Waals surface area (Å²) in [7, 11) is 2.12. The number of fused-ring (bicyclic) bond motifs is 1. The standard InChI is InChI=1S/C27H27N3O3/c1-30-15-7-6-8-18(30)17-28-26(31)22-11-3-2-10-21(22)25-14-13-19(33-25)16-23-20-9-4-5-12-24(20)29-27(23)32/h2-5,9-14,16,18H,6-8,15,17H2,1H3,(H,28,31)(H,29,32)/b23-16+. The molecule has 3 heterocycles. The van der Waals surface area contributed by atoms with E-state index in [0.717, 1.165) is 29.8 Å². The van der Waals surface area contributed by atoms with E-state index in [1.165, 1.54) is 12.8 Å². The molecule has 2 aliphatic rings. The molecule has 33 heavy (non-hydrogen) atoms. The van der Waals surface area contributed by atoms with Crippen LogP contribution in [-0.4, -0.2) is 42.9 Å². The second kappa shape index (κ2) is 9.08. The molecule has 0 aliphatic carbocycles. The number of hydrogen-bond donors (Lipinski definition) is 2. The number of para-hydroxylation sites is 1. The quantitative estimate of drug-likeness (QED) is 0.565. The van der Waals surface area contributed by atoms with Gasteiger partial charge in [0.2, 0.25) is 0 Å². The zero-order chi connectivity index (χ0) is 22.8. The predicted molar refractivity (Wildman–Crippen MR) is 130 cm³/mol. The molecule has 2 aromatic carbocycles. The lowest BCUT2D eigenvalue weighted by molar-refractivity contribution is -0.110. The summed E-state index contributed by atoms with van der Waals surface area (Å²) < 4.78 is 6.05. The second-order valence-corrected chi connectivity index (χ2v) is 8.65. The number of likely N-dealkylation sites (tertiary alicyclic amines) is 1. The number of likely N-dealkylation sites (N-methyl/N-ethyl adjacent to an activating group) is 1. The highest BCUT2D eigenvalue weighted by atomic mass is 16.3. The summed E-state index contributed by atoms with van der Waals surface area (Å²) in [6, 6.07) is 19.1. The molecule has 5 rings (SSSR count). The normalized spacial score (nSPS) is 19.4. The van der Waals surface area contributed by atoms with E-state index in [0.29, 0.717) is 35.2 Å². The Morgan fingerprint density at radius 1 is 1.09 bits per heavy atom. The van der Waals surface area contributed by atoms with Gasteiger partial charge >= 0.3 is 0 Å². The third-order valence-electron chi connectivity index (χ3n) is 6.48. The van der Waals surface area contributed by atoms with Crippen LogP contribution in [0.25, 0.3) is 23.0 Å². The van der Waals surface area contributed by atoms with E-state index in [4.69, 9.17) is 4.42 Å². The summed E-state index contributed by atoms with van der Waals surface area (Å²) in [4.78, 5) is 27.7. The number of piperidine rings is 1. The molecular weight excluding hydrogens is 414 g/mol. The van der Waals surface area contributed by atoms with Crippen molar-refractivity contribution in [1.82, 2.24) is 10.2 Å². The van der Waals surface area contributed by atoms with E-state index in [-0.39, 0.29) is 11.8 Å². The van der Waals surface area contributed by atoms with Crippen molar-refractivity contribution < 1.29 is 14.0 Å². The molecule has 0 bridgehead atoms. The summed E-state index contributed by atoms with van der Waals surface area (Å²) in [5.74, 6) is 0.895. The van der Waals surface area contributed by atoms with Crippen LogP contribution >= 0.6 is 0 Å². The van der Waals surface area contributed by atoms with Crippen molar-refractivity contribution in [3.8, 4) is 11.3 Å². The molecule has 0 spiro atoms. The van der Waals surface area contributed by atoms with E-state index >= 15 is 0 Å². The van der Waals surface area contributed by atoms with Gasteiger partial charge in [0.15, 0.2) is 0 Å². The lowest BCUT2D eigenvalue weighted by atomic mass is 10.0. The number of anilines is 1. The topological polar surface area (TPSA) is 74.6 Å². The van der Waals surface area contributed by atoms with Gasteiger partial charge in [0.1, 0.15) is 11.5 Å². The molecular formula is C27H27N3O3. The minimum Gasteiger partial charge on any atom is -0.457 e. The fourth-order valence-electron chi connectivity index (χ4n) is 4.60. The van der Waals surface area contributed by atoms with Gasteiger partial charge in [-0.05, 0) is 56.8 Å². The van der Waals surface area contributed by atoms with E-state index in [1.807, 2.05) is 60.7 Å². The number of amides is 2. The Kier molecular flexibility index (Phi) is 5.84. The third kappa shape index (κ3) is 4.34. The van der Waals surface area contributed by atoms with Gasteiger partial charge in [-0.3, -0.25) is 9.59 Å². The first-order valence-corrected chi connectivity index (χ1v) is 11.4. The van der Waals surface area contributed by atoms with Crippen LogP contribution in [0.4, 0.5) is 5.69 Å². The lowest BCUT2D eigenvalue weighted by Crippen LogP contribution is -2.44. The van der Waals surface area contributed by atoms with Crippen LogP contribution in [0, 0.1) is 0 Å². The molecule has 2 N–H and O–H groups in total. The Bertz CT molecular complexity index is 1230. The van der Waals surface area contributed by atoms with Gasteiger partial charge < -0.3 is 20.0 Å². The Balaban J connectivity index is 1.36. The van der Waals surface area contributed by atoms with Crippen LogP contribution in [-0.2, 0) is 4.79 Å². The molecule has 1 saturated heterocycles. The first kappa shape index (κ1) is 21.2. The third-order valence-corrected chi connectivity index (χ3v) is 6.48. The zero-order valence-electron chi connectivity index (χ0n) is 18.6. The molecule has 0 saturated carbocycles. The van der Waals surface area contributed by atoms with Crippen molar-refractivity contribution in [3.63, 3.8) is 0 Å². The predicted octanol–water partition coefficient (Wildman–Crippen LogP) is 4.65. The molecule has 1 fully saturated rings. The molecule has 0 radical (unpaired) electrons. The average molecular weight is 442 g/mol. The van der Waals surface area contributed by atoms with E-state index < -0.39 is 0 Å². The van der Waals surface area contributed by atoms with Gasteiger partial charge in [0.25, 0.3) is 11.8 Å². The van der Waals surface area contributed by atoms with Gasteiger partial charge in [0, 0.05) is 29.4 Å². The van der Waals surface area contributed by atoms with Crippen molar-refractivity contribution in [3.05, 3.63) is 77.6 Å². The summed E-state index contributed by atoms with van der Waals surface area (Å²) in [6.45, 7) is 1.71. The number of rotatable bonds is 5. The number of nitrogens with zero attached hydrogens (tertiary/aromatic N) is 1. The number of benzene rings is 2. The van der Waals surface area contributed by atoms with Crippen molar-refractivity contribution in [2.75, 3.05) is 25.5 Å². The van der Waals surface area contributed by atoms with Gasteiger partial charge in [-0.15, -0.1) is 0 Å². The van der Waals surface area contributed by atoms with E-state index in [9.17, 15) is 9.59 Å². The summed E-state index contributed by atoms with van der Waals surface area (Å²) in [6.07, 6.45) is 5.26. The summed E-state index contributed by atoms with van der Waals surface area (Å²) >= 11 is 0. The van der Waals surface area contributed by atoms with Gasteiger partial charge in [-0.1, -0.05) is 42.8 Å². The molecule has 6 nitrogen and oxygen atoms in total. The summed E-state index contributed by atoms with van der Waals surface area (Å²) in [5.41, 5.74) is 3.52. The minimum atomic E-state index is -0.151. The van der Waals surface area contributed by atoms with Gasteiger partial charge in [-0.25, -0.2) is 0 Å². The molecule has 2 amide bonds. The van der Waals surface area contributed by atoms with Crippen LogP contribution in [0.5, 0.6) is 0 Å². The maximum absolute atomic E-state index is 13.0. The average Bonchev–Trinajstić information content (AvgIpc) is 3.43. The number of carbonyl (C=O) groups is 2. The van der Waals surface area contributed by atoms with Crippen molar-refractivity contribution in [2.24, 2.45) is 0 Å². The van der Waals surface area contributed by atoms with Crippen molar-refractivity contribution in [1.29, 1.82) is 0 Å². The maximum atomic E-state index is 13.0. The number of carbonyl (C=O) groups excluding carboxylic acids is 2. The number of furan rings is 1. The van der Waals surface area contributed by atoms with Crippen LogP contribution in [0.15, 0.2) is 65.1 Å². The fraction of sp³-hybridized carbons (Fsp3) is 0.259. The lowest BCUT2D eigenvalue weighted by Gasteiger charge is -2.32. The second-order valence-electron chi connectivity index (χ2n) is 8.65. The first-order valence-electron chi connectivity index (χ1n) is 11.4.